The minimum absolute atomic E-state index is 0.0257. The van der Waals surface area contributed by atoms with Crippen LogP contribution < -0.4 is 0 Å². The first-order valence-electron chi connectivity index (χ1n) is 9.98. The van der Waals surface area contributed by atoms with Crippen LogP contribution in [0.15, 0.2) is 66.9 Å². The molecule has 1 amide bonds. The van der Waals surface area contributed by atoms with Crippen LogP contribution in [0.5, 0.6) is 0 Å². The maximum Gasteiger partial charge on any atom is 0.255 e. The van der Waals surface area contributed by atoms with Crippen LogP contribution in [0.4, 0.5) is 8.78 Å². The third kappa shape index (κ3) is 4.39. The minimum Gasteiger partial charge on any atom is -0.336 e. The Morgan fingerprint density at radius 3 is 1.83 bits per heavy atom. The number of nitrogens with zero attached hydrogens (tertiary/aromatic N) is 3. The molecule has 0 atom stereocenters. The second-order valence-electron chi connectivity index (χ2n) is 7.52. The van der Waals surface area contributed by atoms with Crippen molar-refractivity contribution in [2.45, 2.75) is 13.0 Å². The first-order valence-corrected chi connectivity index (χ1v) is 9.98. The van der Waals surface area contributed by atoms with Gasteiger partial charge in [0.15, 0.2) is 0 Å². The highest BCUT2D eigenvalue weighted by Gasteiger charge is 2.28. The Bertz CT molecular complexity index is 951. The maximum atomic E-state index is 13.5. The fraction of sp³-hybridized carbons (Fsp3) is 0.250. The van der Waals surface area contributed by atoms with Crippen molar-refractivity contribution in [2.75, 3.05) is 26.2 Å². The number of piperazine rings is 1. The van der Waals surface area contributed by atoms with Gasteiger partial charge in [-0.1, -0.05) is 24.3 Å². The van der Waals surface area contributed by atoms with Gasteiger partial charge in [-0.25, -0.2) is 8.78 Å². The van der Waals surface area contributed by atoms with Crippen molar-refractivity contribution < 1.29 is 13.6 Å². The van der Waals surface area contributed by atoms with E-state index in [9.17, 15) is 13.6 Å². The topological polar surface area (TPSA) is 36.4 Å². The van der Waals surface area contributed by atoms with Crippen LogP contribution in [0.2, 0.25) is 0 Å². The normalized spacial score (nSPS) is 14.9. The molecule has 0 aliphatic carbocycles. The Hall–Kier alpha value is -3.12. The van der Waals surface area contributed by atoms with Crippen LogP contribution >= 0.6 is 0 Å². The van der Waals surface area contributed by atoms with Gasteiger partial charge in [0.05, 0.1) is 11.6 Å². The van der Waals surface area contributed by atoms with Gasteiger partial charge in [-0.15, -0.1) is 0 Å². The molecule has 0 bridgehead atoms. The lowest BCUT2D eigenvalue weighted by Crippen LogP contribution is -2.49. The summed E-state index contributed by atoms with van der Waals surface area (Å²) in [4.78, 5) is 21.1. The lowest BCUT2D eigenvalue weighted by Gasteiger charge is -2.39. The molecule has 1 fully saturated rings. The first-order chi connectivity index (χ1) is 14.5. The number of pyridine rings is 1. The molecular formula is C24H23F2N3O. The molecule has 1 aromatic heterocycles. The van der Waals surface area contributed by atoms with Gasteiger partial charge in [-0.05, 0) is 54.4 Å². The molecule has 2 aromatic carbocycles. The van der Waals surface area contributed by atoms with Crippen LogP contribution in [0.1, 0.15) is 33.2 Å². The van der Waals surface area contributed by atoms with E-state index >= 15 is 0 Å². The number of rotatable bonds is 4. The fourth-order valence-electron chi connectivity index (χ4n) is 3.86. The highest BCUT2D eigenvalue weighted by Crippen LogP contribution is 2.30. The number of benzene rings is 2. The standard InChI is InChI=1S/C24H23F2N3O/c1-17-2-3-20(16-27-17)24(30)29-14-12-28(13-15-29)23(18-4-8-21(25)9-5-18)19-6-10-22(26)11-7-19/h2-11,16,23H,12-15H2,1H3. The molecule has 4 rings (SSSR count). The summed E-state index contributed by atoms with van der Waals surface area (Å²) in [5, 5.41) is 0. The zero-order valence-corrected chi connectivity index (χ0v) is 16.8. The highest BCUT2D eigenvalue weighted by molar-refractivity contribution is 5.94. The summed E-state index contributed by atoms with van der Waals surface area (Å²) in [5.74, 6) is -0.611. The lowest BCUT2D eigenvalue weighted by atomic mass is 9.96. The SMILES string of the molecule is Cc1ccc(C(=O)N2CCN(C(c3ccc(F)cc3)c3ccc(F)cc3)CC2)cn1. The number of aromatic nitrogens is 1. The smallest absolute Gasteiger partial charge is 0.255 e. The van der Waals surface area contributed by atoms with Crippen molar-refractivity contribution in [3.63, 3.8) is 0 Å². The number of hydrogen-bond donors (Lipinski definition) is 0. The largest absolute Gasteiger partial charge is 0.336 e. The summed E-state index contributed by atoms with van der Waals surface area (Å²) in [5.41, 5.74) is 3.33. The molecule has 2 heterocycles. The second kappa shape index (κ2) is 8.71. The molecule has 6 heteroatoms. The fourth-order valence-corrected chi connectivity index (χ4v) is 3.86. The zero-order chi connectivity index (χ0) is 21.1. The van der Waals surface area contributed by atoms with Gasteiger partial charge in [-0.2, -0.15) is 0 Å². The average Bonchev–Trinajstić information content (AvgIpc) is 2.77. The third-order valence-corrected chi connectivity index (χ3v) is 5.50. The number of amides is 1. The van der Waals surface area contributed by atoms with Crippen molar-refractivity contribution in [3.05, 3.63) is 101 Å². The number of carbonyl (C=O) groups excluding carboxylic acids is 1. The summed E-state index contributed by atoms with van der Waals surface area (Å²) in [6, 6.07) is 16.3. The summed E-state index contributed by atoms with van der Waals surface area (Å²) in [7, 11) is 0. The second-order valence-corrected chi connectivity index (χ2v) is 7.52. The predicted octanol–water partition coefficient (Wildman–Crippen LogP) is 4.22. The summed E-state index contributed by atoms with van der Waals surface area (Å²) in [6.07, 6.45) is 1.61. The van der Waals surface area contributed by atoms with E-state index in [1.807, 2.05) is 17.9 Å². The molecule has 0 saturated carbocycles. The van der Waals surface area contributed by atoms with E-state index < -0.39 is 0 Å². The van der Waals surface area contributed by atoms with E-state index in [4.69, 9.17) is 0 Å². The van der Waals surface area contributed by atoms with Crippen LogP contribution in [0.25, 0.3) is 0 Å². The van der Waals surface area contributed by atoms with Crippen molar-refractivity contribution in [3.8, 4) is 0 Å². The average molecular weight is 407 g/mol. The van der Waals surface area contributed by atoms with Gasteiger partial charge in [0.25, 0.3) is 5.91 Å². The minimum atomic E-state index is -0.293. The van der Waals surface area contributed by atoms with Gasteiger partial charge in [0.1, 0.15) is 11.6 Å². The molecule has 1 aliphatic rings. The highest BCUT2D eigenvalue weighted by atomic mass is 19.1. The quantitative estimate of drug-likeness (QED) is 0.650. The molecule has 0 N–H and O–H groups in total. The molecule has 3 aromatic rings. The lowest BCUT2D eigenvalue weighted by molar-refractivity contribution is 0.0597. The molecule has 0 spiro atoms. The molecule has 1 saturated heterocycles. The van der Waals surface area contributed by atoms with Gasteiger partial charge >= 0.3 is 0 Å². The Balaban J connectivity index is 1.53. The molecule has 4 nitrogen and oxygen atoms in total. The van der Waals surface area contributed by atoms with Crippen LogP contribution in [0, 0.1) is 18.6 Å². The Morgan fingerprint density at radius 1 is 0.833 bits per heavy atom. The molecular weight excluding hydrogens is 384 g/mol. The maximum absolute atomic E-state index is 13.5. The van der Waals surface area contributed by atoms with Crippen molar-refractivity contribution >= 4 is 5.91 Å². The van der Waals surface area contributed by atoms with E-state index in [0.29, 0.717) is 31.7 Å². The van der Waals surface area contributed by atoms with E-state index in [1.165, 1.54) is 24.3 Å². The molecule has 0 radical (unpaired) electrons. The number of carbonyl (C=O) groups is 1. The Labute approximate surface area is 174 Å². The van der Waals surface area contributed by atoms with Crippen LogP contribution in [0.3, 0.4) is 0 Å². The van der Waals surface area contributed by atoms with E-state index in [2.05, 4.69) is 9.88 Å². The summed E-state index contributed by atoms with van der Waals surface area (Å²) >= 11 is 0. The van der Waals surface area contributed by atoms with E-state index in [-0.39, 0.29) is 23.6 Å². The Kier molecular flexibility index (Phi) is 5.86. The van der Waals surface area contributed by atoms with E-state index in [1.54, 1.807) is 36.5 Å². The number of aryl methyl sites for hydroxylation is 1. The van der Waals surface area contributed by atoms with E-state index in [0.717, 1.165) is 16.8 Å². The van der Waals surface area contributed by atoms with Gasteiger partial charge < -0.3 is 4.90 Å². The summed E-state index contributed by atoms with van der Waals surface area (Å²) in [6.45, 7) is 4.35. The predicted molar refractivity (Wildman–Crippen MR) is 111 cm³/mol. The molecule has 0 unspecified atom stereocenters. The van der Waals surface area contributed by atoms with Crippen molar-refractivity contribution in [1.29, 1.82) is 0 Å². The monoisotopic (exact) mass is 407 g/mol. The van der Waals surface area contributed by atoms with Gasteiger partial charge in [0, 0.05) is 38.1 Å². The number of hydrogen-bond acceptors (Lipinski definition) is 3. The van der Waals surface area contributed by atoms with Crippen LogP contribution in [-0.4, -0.2) is 46.9 Å². The molecule has 154 valence electrons. The number of halogens is 2. The first kappa shape index (κ1) is 20.2. The Morgan fingerprint density at radius 2 is 1.37 bits per heavy atom. The molecule has 30 heavy (non-hydrogen) atoms. The zero-order valence-electron chi connectivity index (χ0n) is 16.8. The summed E-state index contributed by atoms with van der Waals surface area (Å²) < 4.78 is 26.9. The van der Waals surface area contributed by atoms with Gasteiger partial charge in [0.2, 0.25) is 0 Å². The third-order valence-electron chi connectivity index (χ3n) is 5.50. The van der Waals surface area contributed by atoms with Crippen molar-refractivity contribution in [2.24, 2.45) is 0 Å². The molecule has 1 aliphatic heterocycles. The van der Waals surface area contributed by atoms with Gasteiger partial charge in [-0.3, -0.25) is 14.7 Å². The van der Waals surface area contributed by atoms with Crippen molar-refractivity contribution in [1.82, 2.24) is 14.8 Å². The van der Waals surface area contributed by atoms with Crippen LogP contribution in [-0.2, 0) is 0 Å².